The fraction of sp³-hybridized carbons (Fsp3) is 0.143. The molecule has 0 radical (unpaired) electrons. The number of benzene rings is 7. The van der Waals surface area contributed by atoms with Gasteiger partial charge in [-0.25, -0.2) is 0 Å². The monoisotopic (exact) mass is 731 g/mol. The highest BCUT2D eigenvalue weighted by Crippen LogP contribution is 2.53. The highest BCUT2D eigenvalue weighted by molar-refractivity contribution is 5.89. The molecule has 7 aromatic carbocycles. The topological polar surface area (TPSA) is 3.24 Å². The summed E-state index contributed by atoms with van der Waals surface area (Å²) in [6.45, 7) is 9.55. The van der Waals surface area contributed by atoms with Gasteiger partial charge in [-0.2, -0.15) is 0 Å². The van der Waals surface area contributed by atoms with Gasteiger partial charge in [-0.3, -0.25) is 0 Å². The van der Waals surface area contributed by atoms with E-state index >= 15 is 0 Å². The fourth-order valence-electron chi connectivity index (χ4n) is 10.4. The zero-order valence-electron chi connectivity index (χ0n) is 33.1. The van der Waals surface area contributed by atoms with E-state index in [0.717, 1.165) is 12.1 Å². The summed E-state index contributed by atoms with van der Waals surface area (Å²) in [5, 5.41) is 2.74. The number of hydrogen-bond donors (Lipinski definition) is 0. The maximum atomic E-state index is 2.48. The third kappa shape index (κ3) is 5.15. The van der Waals surface area contributed by atoms with Crippen LogP contribution in [0.25, 0.3) is 56.2 Å². The Bertz CT molecular complexity index is 2970. The summed E-state index contributed by atoms with van der Waals surface area (Å²) in [4.78, 5) is 2.46. The molecular formula is C56H45N. The van der Waals surface area contributed by atoms with E-state index in [9.17, 15) is 0 Å². The predicted octanol–water partition coefficient (Wildman–Crippen LogP) is 13.2. The number of fused-ring (bicyclic) bond motifs is 8. The van der Waals surface area contributed by atoms with Gasteiger partial charge in [0.15, 0.2) is 0 Å². The van der Waals surface area contributed by atoms with Gasteiger partial charge >= 0.3 is 0 Å². The van der Waals surface area contributed by atoms with E-state index in [1.165, 1.54) is 94.1 Å². The Kier molecular flexibility index (Phi) is 7.45. The summed E-state index contributed by atoms with van der Waals surface area (Å²) in [6.07, 6.45) is 12.5. The second-order valence-electron chi connectivity index (χ2n) is 17.3. The van der Waals surface area contributed by atoms with Crippen molar-refractivity contribution in [1.29, 1.82) is 0 Å². The van der Waals surface area contributed by atoms with Gasteiger partial charge in [0, 0.05) is 33.8 Å². The normalized spacial score (nSPS) is 17.1. The number of hydrogen-bond acceptors (Lipinski definition) is 1. The van der Waals surface area contributed by atoms with Crippen LogP contribution in [-0.4, -0.2) is 0 Å². The molecule has 0 amide bonds. The molecule has 0 saturated heterocycles. The average Bonchev–Trinajstić information content (AvgIpc) is 3.62. The zero-order valence-corrected chi connectivity index (χ0v) is 33.1. The van der Waals surface area contributed by atoms with Crippen LogP contribution < -0.4 is 15.3 Å². The molecule has 11 rings (SSSR count). The molecule has 274 valence electrons. The van der Waals surface area contributed by atoms with Gasteiger partial charge in [-0.05, 0) is 132 Å². The molecule has 4 aliphatic carbocycles. The summed E-state index contributed by atoms with van der Waals surface area (Å²) >= 11 is 0. The first-order valence-electron chi connectivity index (χ1n) is 20.5. The molecule has 0 saturated carbocycles. The summed E-state index contributed by atoms with van der Waals surface area (Å²) < 4.78 is 0. The lowest BCUT2D eigenvalue weighted by molar-refractivity contribution is 0.660. The Morgan fingerprint density at radius 1 is 0.456 bits per heavy atom. The highest BCUT2D eigenvalue weighted by Gasteiger charge is 2.38. The Balaban J connectivity index is 1.03. The molecular weight excluding hydrogens is 687 g/mol. The lowest BCUT2D eigenvalue weighted by Gasteiger charge is -2.30. The molecule has 1 nitrogen and oxygen atoms in total. The van der Waals surface area contributed by atoms with Crippen molar-refractivity contribution in [3.63, 3.8) is 0 Å². The van der Waals surface area contributed by atoms with Crippen LogP contribution in [0.5, 0.6) is 0 Å². The van der Waals surface area contributed by atoms with E-state index in [1.54, 1.807) is 0 Å². The van der Waals surface area contributed by atoms with Crippen molar-refractivity contribution in [3.05, 3.63) is 209 Å². The van der Waals surface area contributed by atoms with E-state index < -0.39 is 0 Å². The quantitative estimate of drug-likeness (QED) is 0.170. The van der Waals surface area contributed by atoms with E-state index in [1.807, 2.05) is 0 Å². The van der Waals surface area contributed by atoms with E-state index in [0.29, 0.717) is 5.92 Å². The molecule has 0 aromatic heterocycles. The smallest absolute Gasteiger partial charge is 0.0465 e. The minimum atomic E-state index is -0.184. The van der Waals surface area contributed by atoms with Gasteiger partial charge in [0.25, 0.3) is 0 Å². The van der Waals surface area contributed by atoms with Crippen LogP contribution in [0.2, 0.25) is 0 Å². The Morgan fingerprint density at radius 2 is 1.02 bits per heavy atom. The molecule has 1 unspecified atom stereocenters. The predicted molar refractivity (Wildman–Crippen MR) is 241 cm³/mol. The first kappa shape index (κ1) is 33.9. The highest BCUT2D eigenvalue weighted by atomic mass is 15.1. The Labute approximate surface area is 336 Å². The second kappa shape index (κ2) is 12.5. The Hall–Kier alpha value is -6.44. The summed E-state index contributed by atoms with van der Waals surface area (Å²) in [5.41, 5.74) is 20.6. The summed E-state index contributed by atoms with van der Waals surface area (Å²) in [5.74, 6) is 0.473. The molecule has 0 aliphatic heterocycles. The molecule has 0 bridgehead atoms. The Morgan fingerprint density at radius 3 is 1.75 bits per heavy atom. The minimum Gasteiger partial charge on any atom is -0.310 e. The van der Waals surface area contributed by atoms with Crippen molar-refractivity contribution in [2.24, 2.45) is 5.92 Å². The summed E-state index contributed by atoms with van der Waals surface area (Å²) in [7, 11) is 0. The van der Waals surface area contributed by atoms with Gasteiger partial charge in [-0.1, -0.05) is 167 Å². The van der Waals surface area contributed by atoms with Crippen molar-refractivity contribution < 1.29 is 0 Å². The first-order chi connectivity index (χ1) is 27.8. The summed E-state index contributed by atoms with van der Waals surface area (Å²) in [6, 6.07) is 57.0. The SMILES string of the molecule is CC1(C)c2ccccc2-c2ccc(N(c3ccc(-c4ccccc4)cc3)c3ccc4c(c3)C(C)(C)c3cc(-c5cccc6c5=CCC5C=CC=CC=65)ccc3-4)cc21. The van der Waals surface area contributed by atoms with Crippen molar-refractivity contribution in [1.82, 2.24) is 0 Å². The van der Waals surface area contributed by atoms with Crippen LogP contribution >= 0.6 is 0 Å². The van der Waals surface area contributed by atoms with E-state index in [-0.39, 0.29) is 10.8 Å². The maximum Gasteiger partial charge on any atom is 0.0465 e. The van der Waals surface area contributed by atoms with Crippen LogP contribution in [0.4, 0.5) is 17.1 Å². The minimum absolute atomic E-state index is 0.0929. The number of anilines is 3. The molecule has 57 heavy (non-hydrogen) atoms. The fourth-order valence-corrected chi connectivity index (χ4v) is 10.4. The van der Waals surface area contributed by atoms with Crippen molar-refractivity contribution in [2.45, 2.75) is 44.9 Å². The van der Waals surface area contributed by atoms with Crippen LogP contribution in [0.3, 0.4) is 0 Å². The van der Waals surface area contributed by atoms with Crippen molar-refractivity contribution in [3.8, 4) is 44.5 Å². The third-order valence-corrected chi connectivity index (χ3v) is 13.4. The van der Waals surface area contributed by atoms with Gasteiger partial charge in [0.2, 0.25) is 0 Å². The van der Waals surface area contributed by atoms with Crippen LogP contribution in [0.1, 0.15) is 56.4 Å². The molecule has 0 heterocycles. The van der Waals surface area contributed by atoms with Crippen LogP contribution in [0.15, 0.2) is 176 Å². The molecule has 0 fully saturated rings. The van der Waals surface area contributed by atoms with Crippen LogP contribution in [-0.2, 0) is 10.8 Å². The van der Waals surface area contributed by atoms with Crippen molar-refractivity contribution in [2.75, 3.05) is 4.90 Å². The lowest BCUT2D eigenvalue weighted by Crippen LogP contribution is -2.33. The second-order valence-corrected chi connectivity index (χ2v) is 17.3. The van der Waals surface area contributed by atoms with Gasteiger partial charge in [0.05, 0.1) is 0 Å². The molecule has 1 atom stereocenters. The van der Waals surface area contributed by atoms with Crippen molar-refractivity contribution >= 4 is 28.7 Å². The van der Waals surface area contributed by atoms with Gasteiger partial charge in [-0.15, -0.1) is 0 Å². The number of rotatable bonds is 5. The molecule has 0 N–H and O–H groups in total. The van der Waals surface area contributed by atoms with E-state index in [4.69, 9.17) is 0 Å². The number of nitrogens with zero attached hydrogens (tertiary/aromatic N) is 1. The molecule has 7 aromatic rings. The molecule has 1 heteroatoms. The zero-order chi connectivity index (χ0) is 38.5. The largest absolute Gasteiger partial charge is 0.310 e. The molecule has 0 spiro atoms. The molecule has 4 aliphatic rings. The lowest BCUT2D eigenvalue weighted by atomic mass is 9.80. The van der Waals surface area contributed by atoms with Gasteiger partial charge in [0.1, 0.15) is 0 Å². The first-order valence-corrected chi connectivity index (χ1v) is 20.5. The third-order valence-electron chi connectivity index (χ3n) is 13.4. The standard InChI is InChI=1S/C56H45N/c1-55(2)51-20-11-10-17-47(51)49-31-27-41(34-53(49)55)57(40-25-21-37(22-26-40)36-13-6-5-7-14-36)42-28-32-50-48-30-24-39(33-52(48)56(3,4)54(50)35-42)44-18-12-19-45-43-16-9-8-15-38(43)23-29-46(44)45/h5-22,24-35,38H,23H2,1-4H3. The van der Waals surface area contributed by atoms with Crippen LogP contribution in [0, 0.1) is 5.92 Å². The average molecular weight is 732 g/mol. The van der Waals surface area contributed by atoms with Gasteiger partial charge < -0.3 is 4.90 Å². The maximum absolute atomic E-state index is 2.48. The van der Waals surface area contributed by atoms with E-state index in [2.05, 4.69) is 215 Å². The number of allylic oxidation sites excluding steroid dienone is 4.